The third-order valence-electron chi connectivity index (χ3n) is 11.3. The summed E-state index contributed by atoms with van der Waals surface area (Å²) in [5, 5.41) is 18.0. The first-order valence-corrected chi connectivity index (χ1v) is 21.1. The van der Waals surface area contributed by atoms with E-state index < -0.39 is 47.7 Å². The largest absolute Gasteiger partial charge is 0.379 e. The normalized spacial score (nSPS) is 21.0. The van der Waals surface area contributed by atoms with Gasteiger partial charge >= 0.3 is 0 Å². The number of carbonyl (C=O) groups excluding carboxylic acids is 6. The van der Waals surface area contributed by atoms with Crippen LogP contribution < -0.4 is 31.9 Å². The van der Waals surface area contributed by atoms with Gasteiger partial charge in [0.05, 0.1) is 12.5 Å². The lowest BCUT2D eigenvalue weighted by Gasteiger charge is -2.32. The summed E-state index contributed by atoms with van der Waals surface area (Å²) in [6.45, 7) is 7.74. The van der Waals surface area contributed by atoms with Crippen LogP contribution in [0.25, 0.3) is 0 Å². The van der Waals surface area contributed by atoms with Gasteiger partial charge in [-0.3, -0.25) is 28.8 Å². The number of ketones is 1. The van der Waals surface area contributed by atoms with Gasteiger partial charge in [-0.1, -0.05) is 73.5 Å². The van der Waals surface area contributed by atoms with Gasteiger partial charge in [-0.25, -0.2) is 4.39 Å². The molecule has 4 atom stereocenters. The zero-order valence-electron chi connectivity index (χ0n) is 34.3. The summed E-state index contributed by atoms with van der Waals surface area (Å²) in [6, 6.07) is 16.1. The molecule has 1 saturated heterocycles. The molecule has 0 aromatic heterocycles. The van der Waals surface area contributed by atoms with Crippen molar-refractivity contribution in [3.05, 3.63) is 113 Å². The number of hydrogen-bond acceptors (Lipinski definition) is 7. The van der Waals surface area contributed by atoms with Crippen LogP contribution in [0.4, 0.5) is 10.1 Å². The minimum Gasteiger partial charge on any atom is -0.379 e. The summed E-state index contributed by atoms with van der Waals surface area (Å²) >= 11 is 6.42. The third-order valence-corrected chi connectivity index (χ3v) is 11.6. The molecule has 14 heteroatoms. The van der Waals surface area contributed by atoms with Crippen LogP contribution in [0.5, 0.6) is 0 Å². The SMILES string of the molecule is C=C1CC2(CCCC2)CC(=O)N[C@H](Cc2ccc(NC(=O)[C@H](Cc3ccccc3Cl)NC(=O)Cc3ccc(F)cc3)cc2)C(=O)N[C@H](C)C(=O)NCCCC[C@@H](C(C)=O)N1. The highest BCUT2D eigenvalue weighted by atomic mass is 35.5. The molecule has 2 fully saturated rings. The Labute approximate surface area is 356 Å². The molecule has 3 aromatic carbocycles. The Kier molecular flexibility index (Phi) is 16.4. The number of nitrogens with one attached hydrogen (secondary N) is 6. The minimum absolute atomic E-state index is 0.00324. The second-order valence-corrected chi connectivity index (χ2v) is 16.6. The maximum Gasteiger partial charge on any atom is 0.247 e. The molecule has 1 aliphatic heterocycles. The van der Waals surface area contributed by atoms with E-state index in [0.717, 1.165) is 25.7 Å². The summed E-state index contributed by atoms with van der Waals surface area (Å²) < 4.78 is 13.4. The molecule has 1 spiro atoms. The molecule has 1 heterocycles. The molecule has 320 valence electrons. The van der Waals surface area contributed by atoms with Gasteiger partial charge in [0.2, 0.25) is 29.5 Å². The molecule has 1 saturated carbocycles. The predicted molar refractivity (Wildman–Crippen MR) is 229 cm³/mol. The van der Waals surface area contributed by atoms with E-state index in [2.05, 4.69) is 38.5 Å². The van der Waals surface area contributed by atoms with Gasteiger partial charge in [0.15, 0.2) is 5.78 Å². The molecule has 0 radical (unpaired) electrons. The smallest absolute Gasteiger partial charge is 0.247 e. The summed E-state index contributed by atoms with van der Waals surface area (Å²) in [7, 11) is 0. The Balaban J connectivity index is 1.30. The first-order valence-electron chi connectivity index (χ1n) is 20.7. The summed E-state index contributed by atoms with van der Waals surface area (Å²) in [4.78, 5) is 79.8. The fourth-order valence-corrected chi connectivity index (χ4v) is 8.21. The number of halogens is 2. The van der Waals surface area contributed by atoms with Crippen molar-refractivity contribution in [2.75, 3.05) is 11.9 Å². The Bertz CT molecular complexity index is 2020. The number of carbonyl (C=O) groups is 6. The second-order valence-electron chi connectivity index (χ2n) is 16.2. The van der Waals surface area contributed by atoms with Crippen LogP contribution in [0.2, 0.25) is 5.02 Å². The Morgan fingerprint density at radius 3 is 2.23 bits per heavy atom. The molecule has 2 aliphatic rings. The van der Waals surface area contributed by atoms with Crippen LogP contribution in [-0.2, 0) is 48.0 Å². The highest BCUT2D eigenvalue weighted by molar-refractivity contribution is 6.31. The molecule has 1 aliphatic carbocycles. The number of amides is 5. The van der Waals surface area contributed by atoms with Crippen LogP contribution in [0.1, 0.15) is 88.3 Å². The molecule has 5 amide bonds. The van der Waals surface area contributed by atoms with Crippen molar-refractivity contribution in [1.82, 2.24) is 26.6 Å². The first-order chi connectivity index (χ1) is 28.7. The van der Waals surface area contributed by atoms with Crippen LogP contribution >= 0.6 is 11.6 Å². The Hall–Kier alpha value is -5.56. The standard InChI is InChI=1S/C46H56ClFN6O6/c1-29-27-46(21-7-8-22-46)28-42(57)54-39(44(59)51-30(2)43(58)49-23-9-6-12-38(50-29)31(3)55)24-32-15-19-36(20-16-32)52-45(60)40(26-34-10-4-5-11-37(34)47)53-41(56)25-33-13-17-35(48)18-14-33/h4-5,10-11,13-20,30,38-40,50H,1,6-9,12,21-28H2,2-3H3,(H,49,58)(H,51,59)(H,52,60)(H,53,56)(H,54,57)/t30-,38+,39-,40+/m1/s1. The van der Waals surface area contributed by atoms with Gasteiger partial charge < -0.3 is 31.9 Å². The molecule has 3 aromatic rings. The van der Waals surface area contributed by atoms with Crippen molar-refractivity contribution in [2.24, 2.45) is 5.41 Å². The van der Waals surface area contributed by atoms with E-state index in [-0.39, 0.29) is 48.7 Å². The van der Waals surface area contributed by atoms with E-state index in [9.17, 15) is 33.2 Å². The fourth-order valence-electron chi connectivity index (χ4n) is 8.00. The van der Waals surface area contributed by atoms with Gasteiger partial charge in [-0.2, -0.15) is 0 Å². The maximum absolute atomic E-state index is 13.8. The molecular weight excluding hydrogens is 787 g/mol. The summed E-state index contributed by atoms with van der Waals surface area (Å²) in [5.41, 5.74) is 2.67. The zero-order valence-corrected chi connectivity index (χ0v) is 35.1. The number of rotatable bonds is 10. The van der Waals surface area contributed by atoms with Crippen LogP contribution in [0.15, 0.2) is 85.1 Å². The Morgan fingerprint density at radius 2 is 1.55 bits per heavy atom. The van der Waals surface area contributed by atoms with E-state index in [1.807, 2.05) is 0 Å². The van der Waals surface area contributed by atoms with Gasteiger partial charge in [0, 0.05) is 42.2 Å². The predicted octanol–water partition coefficient (Wildman–Crippen LogP) is 5.62. The quantitative estimate of drug-likeness (QED) is 0.154. The molecule has 12 nitrogen and oxygen atoms in total. The van der Waals surface area contributed by atoms with E-state index in [4.69, 9.17) is 11.6 Å². The molecule has 0 unspecified atom stereocenters. The lowest BCUT2D eigenvalue weighted by Crippen LogP contribution is -2.54. The monoisotopic (exact) mass is 842 g/mol. The van der Waals surface area contributed by atoms with Gasteiger partial charge in [0.1, 0.15) is 23.9 Å². The minimum atomic E-state index is -1.02. The zero-order chi connectivity index (χ0) is 43.2. The van der Waals surface area contributed by atoms with Crippen molar-refractivity contribution >= 4 is 52.6 Å². The third kappa shape index (κ3) is 13.8. The lowest BCUT2D eigenvalue weighted by atomic mass is 9.78. The average molecular weight is 843 g/mol. The summed E-state index contributed by atoms with van der Waals surface area (Å²) in [6.07, 6.45) is 6.30. The van der Waals surface area contributed by atoms with Crippen molar-refractivity contribution in [1.29, 1.82) is 0 Å². The van der Waals surface area contributed by atoms with E-state index in [1.54, 1.807) is 62.4 Å². The van der Waals surface area contributed by atoms with E-state index >= 15 is 0 Å². The van der Waals surface area contributed by atoms with E-state index in [0.29, 0.717) is 65.3 Å². The molecule has 0 bridgehead atoms. The highest BCUT2D eigenvalue weighted by Crippen LogP contribution is 2.45. The van der Waals surface area contributed by atoms with Crippen molar-refractivity contribution in [3.8, 4) is 0 Å². The summed E-state index contributed by atoms with van der Waals surface area (Å²) in [5.74, 6) is -2.53. The molecule has 60 heavy (non-hydrogen) atoms. The van der Waals surface area contributed by atoms with Crippen molar-refractivity contribution < 1.29 is 33.2 Å². The number of Topliss-reactive ketones (excluding diaryl/α,β-unsaturated/α-hetero) is 1. The molecule has 6 N–H and O–H groups in total. The van der Waals surface area contributed by atoms with Crippen molar-refractivity contribution in [2.45, 2.75) is 115 Å². The second kappa shape index (κ2) is 21.6. The number of benzene rings is 3. The average Bonchev–Trinajstić information content (AvgIpc) is 3.65. The van der Waals surface area contributed by atoms with Crippen LogP contribution in [0.3, 0.4) is 0 Å². The lowest BCUT2D eigenvalue weighted by molar-refractivity contribution is -0.132. The van der Waals surface area contributed by atoms with Gasteiger partial charge in [-0.05, 0) is 105 Å². The van der Waals surface area contributed by atoms with Crippen LogP contribution in [-0.4, -0.2) is 66.0 Å². The maximum atomic E-state index is 13.8. The highest BCUT2D eigenvalue weighted by Gasteiger charge is 2.38. The molecule has 5 rings (SSSR count). The van der Waals surface area contributed by atoms with E-state index in [1.165, 1.54) is 24.3 Å². The first kappa shape index (κ1) is 45.5. The van der Waals surface area contributed by atoms with Gasteiger partial charge in [-0.15, -0.1) is 0 Å². The van der Waals surface area contributed by atoms with Crippen LogP contribution in [0, 0.1) is 11.2 Å². The number of hydrogen-bond donors (Lipinski definition) is 6. The van der Waals surface area contributed by atoms with Crippen molar-refractivity contribution in [3.63, 3.8) is 0 Å². The fraction of sp³-hybridized carbons (Fsp3) is 0.435. The number of allylic oxidation sites excluding steroid dienone is 1. The topological polar surface area (TPSA) is 175 Å². The number of anilines is 1. The Morgan fingerprint density at radius 1 is 0.867 bits per heavy atom. The molecular formula is C46H56ClFN6O6. The van der Waals surface area contributed by atoms with Gasteiger partial charge in [0.25, 0.3) is 0 Å².